The van der Waals surface area contributed by atoms with E-state index in [1.807, 2.05) is 32.0 Å². The molecule has 0 radical (unpaired) electrons. The molecule has 2 amide bonds. The lowest BCUT2D eigenvalue weighted by Crippen LogP contribution is -2.56. The molecule has 1 saturated heterocycles. The van der Waals surface area contributed by atoms with E-state index in [1.54, 1.807) is 4.90 Å². The van der Waals surface area contributed by atoms with Crippen molar-refractivity contribution in [3.63, 3.8) is 0 Å². The maximum absolute atomic E-state index is 12.1. The number of nitrogens with zero attached hydrogens (tertiary/aromatic N) is 1. The molecule has 0 aromatic heterocycles. The number of rotatable bonds is 1. The molecule has 2 atom stereocenters. The third-order valence-electron chi connectivity index (χ3n) is 4.39. The van der Waals surface area contributed by atoms with Gasteiger partial charge in [0.05, 0.1) is 0 Å². The summed E-state index contributed by atoms with van der Waals surface area (Å²) in [5.41, 5.74) is 1.37. The Kier molecular flexibility index (Phi) is 3.33. The predicted octanol–water partition coefficient (Wildman–Crippen LogP) is 1.67. The van der Waals surface area contributed by atoms with Gasteiger partial charge in [-0.2, -0.15) is 0 Å². The van der Waals surface area contributed by atoms with Crippen LogP contribution < -0.4 is 10.2 Å². The predicted molar refractivity (Wildman–Crippen MR) is 81.8 cm³/mol. The Bertz CT molecular complexity index is 629. The smallest absolute Gasteiger partial charge is 0.249 e. The zero-order valence-electron chi connectivity index (χ0n) is 11.9. The second-order valence-electron chi connectivity index (χ2n) is 6.13. The van der Waals surface area contributed by atoms with Crippen molar-refractivity contribution in [3.05, 3.63) is 28.2 Å². The molecule has 5 nitrogen and oxygen atoms in total. The van der Waals surface area contributed by atoms with Crippen molar-refractivity contribution in [1.82, 2.24) is 5.32 Å². The Morgan fingerprint density at radius 3 is 2.76 bits per heavy atom. The van der Waals surface area contributed by atoms with Crippen LogP contribution in [0.25, 0.3) is 0 Å². The molecule has 112 valence electrons. The van der Waals surface area contributed by atoms with Crippen LogP contribution in [-0.4, -0.2) is 29.2 Å². The maximum Gasteiger partial charge on any atom is 0.249 e. The average Bonchev–Trinajstić information content (AvgIpc) is 2.58. The SMILES string of the molecule is CC1(C)c2ccc(Br)cc2N(C2CCC(=O)NC2=O)C1O. The number of hydrogen-bond acceptors (Lipinski definition) is 4. The fraction of sp³-hybridized carbons (Fsp3) is 0.467. The molecule has 21 heavy (non-hydrogen) atoms. The Labute approximate surface area is 131 Å². The molecular formula is C15H17BrN2O3. The highest BCUT2D eigenvalue weighted by molar-refractivity contribution is 9.10. The highest BCUT2D eigenvalue weighted by Gasteiger charge is 2.48. The number of halogens is 1. The molecule has 1 aromatic carbocycles. The number of carbonyl (C=O) groups excluding carboxylic acids is 2. The molecule has 0 saturated carbocycles. The van der Waals surface area contributed by atoms with Gasteiger partial charge >= 0.3 is 0 Å². The monoisotopic (exact) mass is 352 g/mol. The first-order valence-electron chi connectivity index (χ1n) is 6.92. The van der Waals surface area contributed by atoms with Crippen LogP contribution in [-0.2, 0) is 15.0 Å². The molecule has 2 unspecified atom stereocenters. The van der Waals surface area contributed by atoms with Crippen LogP contribution in [0.2, 0.25) is 0 Å². The van der Waals surface area contributed by atoms with E-state index in [4.69, 9.17) is 0 Å². The van der Waals surface area contributed by atoms with Gasteiger partial charge in [-0.1, -0.05) is 35.8 Å². The molecule has 2 aliphatic heterocycles. The molecule has 2 N–H and O–H groups in total. The second kappa shape index (κ2) is 4.81. The summed E-state index contributed by atoms with van der Waals surface area (Å²) in [6.07, 6.45) is -0.0848. The zero-order chi connectivity index (χ0) is 15.4. The van der Waals surface area contributed by atoms with Crippen molar-refractivity contribution in [2.24, 2.45) is 0 Å². The van der Waals surface area contributed by atoms with Crippen LogP contribution in [0.4, 0.5) is 5.69 Å². The number of aliphatic hydroxyl groups is 1. The first-order valence-corrected chi connectivity index (χ1v) is 7.72. The molecule has 2 heterocycles. The number of piperidine rings is 1. The third kappa shape index (κ3) is 2.17. The third-order valence-corrected chi connectivity index (χ3v) is 4.88. The molecule has 1 fully saturated rings. The quantitative estimate of drug-likeness (QED) is 0.754. The van der Waals surface area contributed by atoms with Crippen LogP contribution >= 0.6 is 15.9 Å². The van der Waals surface area contributed by atoms with Gasteiger partial charge < -0.3 is 10.0 Å². The largest absolute Gasteiger partial charge is 0.373 e. The fourth-order valence-corrected chi connectivity index (χ4v) is 3.52. The summed E-state index contributed by atoms with van der Waals surface area (Å²) < 4.78 is 0.892. The Morgan fingerprint density at radius 1 is 1.38 bits per heavy atom. The van der Waals surface area contributed by atoms with Crippen molar-refractivity contribution >= 4 is 33.4 Å². The minimum atomic E-state index is -0.800. The molecular weight excluding hydrogens is 336 g/mol. The summed E-state index contributed by atoms with van der Waals surface area (Å²) in [6, 6.07) is 5.29. The molecule has 2 aliphatic rings. The number of carbonyl (C=O) groups is 2. The molecule has 0 spiro atoms. The Morgan fingerprint density at radius 2 is 2.10 bits per heavy atom. The highest BCUT2D eigenvalue weighted by Crippen LogP contribution is 2.46. The lowest BCUT2D eigenvalue weighted by atomic mass is 9.85. The van der Waals surface area contributed by atoms with E-state index in [9.17, 15) is 14.7 Å². The van der Waals surface area contributed by atoms with E-state index in [2.05, 4.69) is 21.2 Å². The number of benzene rings is 1. The maximum atomic E-state index is 12.1. The minimum absolute atomic E-state index is 0.251. The van der Waals surface area contributed by atoms with E-state index in [-0.39, 0.29) is 11.8 Å². The average molecular weight is 353 g/mol. The Hall–Kier alpha value is -1.40. The first kappa shape index (κ1) is 14.5. The topological polar surface area (TPSA) is 69.6 Å². The summed E-state index contributed by atoms with van der Waals surface area (Å²) in [7, 11) is 0. The normalized spacial score (nSPS) is 27.5. The van der Waals surface area contributed by atoms with Crippen molar-refractivity contribution in [2.75, 3.05) is 4.90 Å². The van der Waals surface area contributed by atoms with Gasteiger partial charge in [-0.25, -0.2) is 0 Å². The van der Waals surface area contributed by atoms with Gasteiger partial charge in [0.25, 0.3) is 0 Å². The second-order valence-corrected chi connectivity index (χ2v) is 7.05. The van der Waals surface area contributed by atoms with Crippen LogP contribution in [0.1, 0.15) is 32.3 Å². The van der Waals surface area contributed by atoms with Gasteiger partial charge in [-0.15, -0.1) is 0 Å². The van der Waals surface area contributed by atoms with Crippen LogP contribution in [0, 0.1) is 0 Å². The standard InChI is InChI=1S/C15H17BrN2O3/c1-15(2)9-4-3-8(16)7-11(9)18(14(15)21)10-5-6-12(19)17-13(10)20/h3-4,7,10,14,21H,5-6H2,1-2H3,(H,17,19,20). The Balaban J connectivity index is 2.06. The van der Waals surface area contributed by atoms with Crippen LogP contribution in [0.15, 0.2) is 22.7 Å². The first-order chi connectivity index (χ1) is 9.82. The van der Waals surface area contributed by atoms with E-state index in [0.29, 0.717) is 12.8 Å². The van der Waals surface area contributed by atoms with Gasteiger partial charge in [0.15, 0.2) is 0 Å². The van der Waals surface area contributed by atoms with Crippen LogP contribution in [0.3, 0.4) is 0 Å². The van der Waals surface area contributed by atoms with Crippen molar-refractivity contribution < 1.29 is 14.7 Å². The molecule has 0 bridgehead atoms. The summed E-state index contributed by atoms with van der Waals surface area (Å²) >= 11 is 3.44. The van der Waals surface area contributed by atoms with Crippen molar-refractivity contribution in [1.29, 1.82) is 0 Å². The van der Waals surface area contributed by atoms with Gasteiger partial charge in [0, 0.05) is 22.0 Å². The number of nitrogens with one attached hydrogen (secondary N) is 1. The molecule has 6 heteroatoms. The zero-order valence-corrected chi connectivity index (χ0v) is 13.5. The van der Waals surface area contributed by atoms with Gasteiger partial charge in [0.1, 0.15) is 12.3 Å². The molecule has 0 aliphatic carbocycles. The molecule has 1 aromatic rings. The fourth-order valence-electron chi connectivity index (χ4n) is 3.17. The summed E-state index contributed by atoms with van der Waals surface area (Å²) in [5.74, 6) is -0.590. The van der Waals surface area contributed by atoms with E-state index in [1.165, 1.54) is 0 Å². The minimum Gasteiger partial charge on any atom is -0.373 e. The summed E-state index contributed by atoms with van der Waals surface area (Å²) in [6.45, 7) is 3.91. The van der Waals surface area contributed by atoms with Gasteiger partial charge in [-0.05, 0) is 24.1 Å². The van der Waals surface area contributed by atoms with Gasteiger partial charge in [-0.3, -0.25) is 14.9 Å². The van der Waals surface area contributed by atoms with Gasteiger partial charge in [0.2, 0.25) is 11.8 Å². The summed E-state index contributed by atoms with van der Waals surface area (Å²) in [5, 5.41) is 13.1. The van der Waals surface area contributed by atoms with Crippen molar-refractivity contribution in [2.45, 2.75) is 44.4 Å². The highest BCUT2D eigenvalue weighted by atomic mass is 79.9. The van der Waals surface area contributed by atoms with E-state index >= 15 is 0 Å². The number of imide groups is 1. The lowest BCUT2D eigenvalue weighted by molar-refractivity contribution is -0.134. The lowest BCUT2D eigenvalue weighted by Gasteiger charge is -2.36. The number of anilines is 1. The van der Waals surface area contributed by atoms with E-state index in [0.717, 1.165) is 15.7 Å². The number of fused-ring (bicyclic) bond motifs is 1. The summed E-state index contributed by atoms with van der Waals surface area (Å²) in [4.78, 5) is 25.2. The number of hydrogen-bond donors (Lipinski definition) is 2. The number of amides is 2. The van der Waals surface area contributed by atoms with Crippen molar-refractivity contribution in [3.8, 4) is 0 Å². The van der Waals surface area contributed by atoms with E-state index < -0.39 is 17.7 Å². The number of aliphatic hydroxyl groups excluding tert-OH is 1. The molecule has 3 rings (SSSR count). The van der Waals surface area contributed by atoms with Crippen LogP contribution in [0.5, 0.6) is 0 Å².